The second-order valence-electron chi connectivity index (χ2n) is 5.72. The number of carbonyl (C=O) groups excluding carboxylic acids is 1. The lowest BCUT2D eigenvalue weighted by Gasteiger charge is -2.26. The third-order valence-corrected chi connectivity index (χ3v) is 4.20. The number of rotatable bonds is 3. The predicted octanol–water partition coefficient (Wildman–Crippen LogP) is 0.596. The van der Waals surface area contributed by atoms with Crippen LogP contribution in [0.15, 0.2) is 24.3 Å². The normalized spacial score (nSPS) is 30.5. The highest BCUT2D eigenvalue weighted by atomic mass is 16.5. The van der Waals surface area contributed by atoms with Crippen molar-refractivity contribution in [2.24, 2.45) is 5.41 Å². The summed E-state index contributed by atoms with van der Waals surface area (Å²) < 4.78 is 10.8. The summed E-state index contributed by atoms with van der Waals surface area (Å²) in [6.45, 7) is 1.88. The Morgan fingerprint density at radius 2 is 2.14 bits per heavy atom. The average molecular weight is 291 g/mol. The van der Waals surface area contributed by atoms with Gasteiger partial charge in [0.15, 0.2) is 6.10 Å². The largest absolute Gasteiger partial charge is 0.481 e. The highest BCUT2D eigenvalue weighted by Crippen LogP contribution is 2.31. The van der Waals surface area contributed by atoms with Crippen molar-refractivity contribution in [1.82, 2.24) is 5.32 Å². The van der Waals surface area contributed by atoms with Crippen LogP contribution in [0, 0.1) is 5.41 Å². The molecule has 1 aromatic carbocycles. The van der Waals surface area contributed by atoms with Crippen molar-refractivity contribution in [3.63, 3.8) is 0 Å². The van der Waals surface area contributed by atoms with Crippen LogP contribution in [0.5, 0.6) is 5.75 Å². The third kappa shape index (κ3) is 2.35. The first-order valence-electron chi connectivity index (χ1n) is 6.87. The molecule has 1 fully saturated rings. The molecule has 2 N–H and O–H groups in total. The second-order valence-corrected chi connectivity index (χ2v) is 5.72. The number of para-hydroxylation sites is 1. The Hall–Kier alpha value is -2.08. The van der Waals surface area contributed by atoms with Crippen molar-refractivity contribution in [3.8, 4) is 5.75 Å². The Balaban J connectivity index is 1.67. The van der Waals surface area contributed by atoms with E-state index >= 15 is 0 Å². The van der Waals surface area contributed by atoms with Gasteiger partial charge in [0.1, 0.15) is 11.2 Å². The number of nitrogens with one attached hydrogen (secondary N) is 1. The minimum absolute atomic E-state index is 0.0963. The summed E-state index contributed by atoms with van der Waals surface area (Å²) in [5.41, 5.74) is -0.109. The summed E-state index contributed by atoms with van der Waals surface area (Å²) in [6.07, 6.45) is -0.111. The Kier molecular flexibility index (Phi) is 3.33. The van der Waals surface area contributed by atoms with Crippen LogP contribution in [0.25, 0.3) is 0 Å². The van der Waals surface area contributed by atoms with Crippen LogP contribution in [0.2, 0.25) is 0 Å². The number of carboxylic acid groups (broad SMARTS) is 1. The van der Waals surface area contributed by atoms with Crippen LogP contribution < -0.4 is 10.1 Å². The molecule has 0 aliphatic carbocycles. The van der Waals surface area contributed by atoms with E-state index in [1.807, 2.05) is 24.3 Å². The van der Waals surface area contributed by atoms with Crippen LogP contribution in [-0.2, 0) is 20.7 Å². The van der Waals surface area contributed by atoms with E-state index in [0.29, 0.717) is 12.2 Å². The van der Waals surface area contributed by atoms with E-state index in [1.165, 1.54) is 0 Å². The maximum absolute atomic E-state index is 12.3. The highest BCUT2D eigenvalue weighted by Gasteiger charge is 2.48. The molecule has 1 saturated heterocycles. The number of hydrogen-bond donors (Lipinski definition) is 2. The van der Waals surface area contributed by atoms with E-state index in [0.717, 1.165) is 5.56 Å². The van der Waals surface area contributed by atoms with E-state index in [-0.39, 0.29) is 19.1 Å². The SMILES string of the molecule is CC1(C(=O)O)COCC1NC(=O)C1Cc2ccccc2O1. The predicted molar refractivity (Wildman–Crippen MR) is 73.1 cm³/mol. The van der Waals surface area contributed by atoms with Crippen LogP contribution in [0.4, 0.5) is 0 Å². The maximum atomic E-state index is 12.3. The summed E-state index contributed by atoms with van der Waals surface area (Å²) in [7, 11) is 0. The van der Waals surface area contributed by atoms with E-state index in [9.17, 15) is 14.7 Å². The molecule has 3 atom stereocenters. The number of ether oxygens (including phenoxy) is 2. The Morgan fingerprint density at radius 3 is 2.86 bits per heavy atom. The van der Waals surface area contributed by atoms with E-state index in [4.69, 9.17) is 9.47 Å². The molecule has 2 heterocycles. The lowest BCUT2D eigenvalue weighted by Crippen LogP contribution is -2.52. The smallest absolute Gasteiger partial charge is 0.313 e. The summed E-state index contributed by atoms with van der Waals surface area (Å²) in [6, 6.07) is 6.95. The summed E-state index contributed by atoms with van der Waals surface area (Å²) in [4.78, 5) is 23.6. The molecule has 3 rings (SSSR count). The van der Waals surface area contributed by atoms with Crippen molar-refractivity contribution < 1.29 is 24.2 Å². The first-order valence-corrected chi connectivity index (χ1v) is 6.87. The molecule has 0 spiro atoms. The zero-order chi connectivity index (χ0) is 15.0. The molecule has 1 aromatic rings. The van der Waals surface area contributed by atoms with Gasteiger partial charge in [0.2, 0.25) is 0 Å². The molecule has 6 nitrogen and oxygen atoms in total. The fourth-order valence-electron chi connectivity index (χ4n) is 2.68. The Bertz CT molecular complexity index is 562. The fourth-order valence-corrected chi connectivity index (χ4v) is 2.68. The minimum atomic E-state index is -1.10. The van der Waals surface area contributed by atoms with Gasteiger partial charge in [0.25, 0.3) is 5.91 Å². The van der Waals surface area contributed by atoms with Gasteiger partial charge in [-0.3, -0.25) is 9.59 Å². The summed E-state index contributed by atoms with van der Waals surface area (Å²) in [5.74, 6) is -0.559. The monoisotopic (exact) mass is 291 g/mol. The van der Waals surface area contributed by atoms with Gasteiger partial charge in [-0.25, -0.2) is 0 Å². The molecule has 2 aliphatic rings. The number of amides is 1. The summed E-state index contributed by atoms with van der Waals surface area (Å²) in [5, 5.41) is 12.1. The zero-order valence-corrected chi connectivity index (χ0v) is 11.7. The Labute approximate surface area is 122 Å². The number of aliphatic carboxylic acids is 1. The van der Waals surface area contributed by atoms with Gasteiger partial charge in [-0.15, -0.1) is 0 Å². The van der Waals surface area contributed by atoms with Gasteiger partial charge in [-0.2, -0.15) is 0 Å². The first-order chi connectivity index (χ1) is 10.0. The molecule has 0 saturated carbocycles. The third-order valence-electron chi connectivity index (χ3n) is 4.20. The zero-order valence-electron chi connectivity index (χ0n) is 11.7. The lowest BCUT2D eigenvalue weighted by atomic mass is 9.85. The van der Waals surface area contributed by atoms with E-state index in [1.54, 1.807) is 6.92 Å². The molecule has 3 unspecified atom stereocenters. The average Bonchev–Trinajstić information content (AvgIpc) is 3.04. The molecule has 2 aliphatic heterocycles. The molecule has 21 heavy (non-hydrogen) atoms. The molecule has 112 valence electrons. The van der Waals surface area contributed by atoms with Crippen LogP contribution in [0.1, 0.15) is 12.5 Å². The Morgan fingerprint density at radius 1 is 1.38 bits per heavy atom. The number of fused-ring (bicyclic) bond motifs is 1. The van der Waals surface area contributed by atoms with Crippen molar-refractivity contribution in [1.29, 1.82) is 0 Å². The van der Waals surface area contributed by atoms with E-state index < -0.39 is 23.5 Å². The standard InChI is InChI=1S/C15H17NO5/c1-15(14(18)19)8-20-7-12(15)16-13(17)11-6-9-4-2-3-5-10(9)21-11/h2-5,11-12H,6-8H2,1H3,(H,16,17)(H,18,19). The number of hydrogen-bond acceptors (Lipinski definition) is 4. The molecule has 6 heteroatoms. The number of carbonyl (C=O) groups is 2. The number of carboxylic acids is 1. The quantitative estimate of drug-likeness (QED) is 0.851. The van der Waals surface area contributed by atoms with Gasteiger partial charge in [0.05, 0.1) is 19.3 Å². The number of benzene rings is 1. The van der Waals surface area contributed by atoms with Gasteiger partial charge in [-0.05, 0) is 18.6 Å². The van der Waals surface area contributed by atoms with Crippen LogP contribution in [-0.4, -0.2) is 42.3 Å². The second kappa shape index (κ2) is 5.04. The van der Waals surface area contributed by atoms with Crippen molar-refractivity contribution in [2.45, 2.75) is 25.5 Å². The lowest BCUT2D eigenvalue weighted by molar-refractivity contribution is -0.149. The van der Waals surface area contributed by atoms with Crippen molar-refractivity contribution in [3.05, 3.63) is 29.8 Å². The highest BCUT2D eigenvalue weighted by molar-refractivity contribution is 5.84. The van der Waals surface area contributed by atoms with Gasteiger partial charge < -0.3 is 19.9 Å². The fraction of sp³-hybridized carbons (Fsp3) is 0.467. The first kappa shape index (κ1) is 13.9. The van der Waals surface area contributed by atoms with Gasteiger partial charge >= 0.3 is 5.97 Å². The van der Waals surface area contributed by atoms with Crippen LogP contribution >= 0.6 is 0 Å². The van der Waals surface area contributed by atoms with Crippen molar-refractivity contribution >= 4 is 11.9 Å². The molecular formula is C15H17NO5. The van der Waals surface area contributed by atoms with E-state index in [2.05, 4.69) is 5.32 Å². The summed E-state index contributed by atoms with van der Waals surface area (Å²) >= 11 is 0. The minimum Gasteiger partial charge on any atom is -0.481 e. The maximum Gasteiger partial charge on any atom is 0.313 e. The van der Waals surface area contributed by atoms with Gasteiger partial charge in [-0.1, -0.05) is 18.2 Å². The van der Waals surface area contributed by atoms with Crippen LogP contribution in [0.3, 0.4) is 0 Å². The molecular weight excluding hydrogens is 274 g/mol. The van der Waals surface area contributed by atoms with Gasteiger partial charge in [0, 0.05) is 6.42 Å². The molecule has 0 radical (unpaired) electrons. The molecule has 1 amide bonds. The topological polar surface area (TPSA) is 84.9 Å². The van der Waals surface area contributed by atoms with Crippen molar-refractivity contribution in [2.75, 3.05) is 13.2 Å². The molecule has 0 aromatic heterocycles. The molecule has 0 bridgehead atoms.